The Morgan fingerprint density at radius 2 is 0.955 bits per heavy atom. The third-order valence-electron chi connectivity index (χ3n) is 3.14. The zero-order chi connectivity index (χ0) is 16.1. The van der Waals surface area contributed by atoms with Crippen molar-refractivity contribution >= 4 is 17.7 Å². The number of carbonyl (C=O) groups is 3. The molecule has 0 aliphatic carbocycles. The summed E-state index contributed by atoms with van der Waals surface area (Å²) in [5.74, 6) is -2.04. The molecule has 0 bridgehead atoms. The number of benzene rings is 2. The van der Waals surface area contributed by atoms with Crippen LogP contribution in [0.25, 0.3) is 0 Å². The molecule has 0 radical (unpaired) electrons. The molecule has 0 atom stereocenters. The van der Waals surface area contributed by atoms with Gasteiger partial charge in [-0.05, 0) is 11.1 Å². The van der Waals surface area contributed by atoms with Crippen molar-refractivity contribution in [3.8, 4) is 0 Å². The minimum absolute atomic E-state index is 0.0850. The van der Waals surface area contributed by atoms with Gasteiger partial charge in [-0.15, -0.1) is 0 Å². The largest absolute Gasteiger partial charge is 0.481 e. The van der Waals surface area contributed by atoms with Gasteiger partial charge in [0.15, 0.2) is 5.78 Å². The lowest BCUT2D eigenvalue weighted by Crippen LogP contribution is -2.04. The summed E-state index contributed by atoms with van der Waals surface area (Å²) in [5.41, 5.74) is 2.17. The van der Waals surface area contributed by atoms with Gasteiger partial charge >= 0.3 is 11.9 Å². The lowest BCUT2D eigenvalue weighted by Gasteiger charge is -2.04. The first kappa shape index (κ1) is 15.4. The summed E-state index contributed by atoms with van der Waals surface area (Å²) in [6.07, 6.45) is -0.170. The zero-order valence-electron chi connectivity index (χ0n) is 11.7. The third-order valence-corrected chi connectivity index (χ3v) is 3.14. The summed E-state index contributed by atoms with van der Waals surface area (Å²) >= 11 is 0. The van der Waals surface area contributed by atoms with Crippen molar-refractivity contribution < 1.29 is 24.6 Å². The predicted octanol–water partition coefficient (Wildman–Crippen LogP) is 2.17. The number of rotatable bonds is 6. The Morgan fingerprint density at radius 1 is 0.636 bits per heavy atom. The van der Waals surface area contributed by atoms with E-state index in [1.165, 1.54) is 0 Å². The molecule has 2 aromatic carbocycles. The highest BCUT2D eigenvalue weighted by Crippen LogP contribution is 2.13. The van der Waals surface area contributed by atoms with E-state index < -0.39 is 11.9 Å². The summed E-state index contributed by atoms with van der Waals surface area (Å²) in [7, 11) is 0. The summed E-state index contributed by atoms with van der Waals surface area (Å²) < 4.78 is 0. The molecule has 2 N–H and O–H groups in total. The first-order valence-electron chi connectivity index (χ1n) is 6.62. The van der Waals surface area contributed by atoms with Crippen molar-refractivity contribution in [1.82, 2.24) is 0 Å². The minimum atomic E-state index is -0.923. The van der Waals surface area contributed by atoms with Crippen LogP contribution in [0, 0.1) is 0 Å². The van der Waals surface area contributed by atoms with Gasteiger partial charge in [0.25, 0.3) is 0 Å². The quantitative estimate of drug-likeness (QED) is 0.797. The van der Waals surface area contributed by atoms with Crippen LogP contribution in [0.2, 0.25) is 0 Å². The maximum atomic E-state index is 12.3. The van der Waals surface area contributed by atoms with Crippen LogP contribution in [0.15, 0.2) is 48.5 Å². The first-order chi connectivity index (χ1) is 10.5. The second kappa shape index (κ2) is 6.67. The summed E-state index contributed by atoms with van der Waals surface area (Å²) in [6.45, 7) is 0. The number of hydrogen-bond donors (Lipinski definition) is 2. The molecule has 2 aromatic rings. The average molecular weight is 298 g/mol. The van der Waals surface area contributed by atoms with Gasteiger partial charge in [-0.2, -0.15) is 0 Å². The van der Waals surface area contributed by atoms with Crippen molar-refractivity contribution in [2.75, 3.05) is 0 Å². The Bertz CT molecular complexity index is 637. The fraction of sp³-hybridized carbons (Fsp3) is 0.118. The van der Waals surface area contributed by atoms with Crippen LogP contribution in [0.1, 0.15) is 27.0 Å². The molecule has 0 unspecified atom stereocenters. The van der Waals surface area contributed by atoms with E-state index in [0.717, 1.165) is 0 Å². The van der Waals surface area contributed by atoms with E-state index in [2.05, 4.69) is 0 Å². The van der Waals surface area contributed by atoms with Crippen LogP contribution in [-0.2, 0) is 22.4 Å². The van der Waals surface area contributed by atoms with Crippen molar-refractivity contribution in [2.24, 2.45) is 0 Å². The summed E-state index contributed by atoms with van der Waals surface area (Å²) in [6, 6.07) is 12.8. The molecule has 0 heterocycles. The molecule has 0 saturated heterocycles. The molecule has 0 aliphatic rings. The Hall–Kier alpha value is -2.95. The molecule has 0 aromatic heterocycles. The van der Waals surface area contributed by atoms with Gasteiger partial charge in [0, 0.05) is 11.1 Å². The average Bonchev–Trinajstić information content (AvgIpc) is 2.47. The highest BCUT2D eigenvalue weighted by molar-refractivity contribution is 6.09. The van der Waals surface area contributed by atoms with Gasteiger partial charge in [-0.3, -0.25) is 14.4 Å². The predicted molar refractivity (Wildman–Crippen MR) is 79.0 cm³/mol. The molecule has 0 spiro atoms. The molecular formula is C17H14O5. The molecule has 22 heavy (non-hydrogen) atoms. The Kier molecular flexibility index (Phi) is 4.68. The van der Waals surface area contributed by atoms with Crippen molar-refractivity contribution in [1.29, 1.82) is 0 Å². The van der Waals surface area contributed by atoms with E-state index >= 15 is 0 Å². The Morgan fingerprint density at radius 3 is 1.23 bits per heavy atom. The van der Waals surface area contributed by atoms with Crippen LogP contribution >= 0.6 is 0 Å². The van der Waals surface area contributed by atoms with Crippen molar-refractivity contribution in [3.05, 3.63) is 70.8 Å². The van der Waals surface area contributed by atoms with E-state index in [-0.39, 0.29) is 18.6 Å². The Labute approximate surface area is 126 Å². The van der Waals surface area contributed by atoms with Gasteiger partial charge in [0.05, 0.1) is 12.8 Å². The zero-order valence-corrected chi connectivity index (χ0v) is 11.7. The van der Waals surface area contributed by atoms with Crippen LogP contribution in [0.3, 0.4) is 0 Å². The van der Waals surface area contributed by atoms with E-state index in [4.69, 9.17) is 10.2 Å². The highest BCUT2D eigenvalue weighted by Gasteiger charge is 2.10. The molecular weight excluding hydrogens is 284 g/mol. The molecule has 5 nitrogen and oxygen atoms in total. The summed E-state index contributed by atoms with van der Waals surface area (Å²) in [5, 5.41) is 17.4. The normalized spacial score (nSPS) is 10.2. The highest BCUT2D eigenvalue weighted by atomic mass is 16.4. The monoisotopic (exact) mass is 298 g/mol. The first-order valence-corrected chi connectivity index (χ1v) is 6.62. The topological polar surface area (TPSA) is 91.7 Å². The lowest BCUT2D eigenvalue weighted by molar-refractivity contribution is -0.137. The molecule has 112 valence electrons. The van der Waals surface area contributed by atoms with E-state index in [9.17, 15) is 14.4 Å². The number of carbonyl (C=O) groups excluding carboxylic acids is 1. The third kappa shape index (κ3) is 4.02. The Balaban J connectivity index is 2.13. The SMILES string of the molecule is O=C(O)Cc1ccc(C(=O)c2ccc(CC(=O)O)cc2)cc1. The molecule has 0 fully saturated rings. The number of carboxylic acid groups (broad SMARTS) is 2. The van der Waals surface area contributed by atoms with Crippen molar-refractivity contribution in [2.45, 2.75) is 12.8 Å². The number of aliphatic carboxylic acids is 2. The van der Waals surface area contributed by atoms with E-state index in [1.54, 1.807) is 48.5 Å². The van der Waals surface area contributed by atoms with Crippen LogP contribution in [0.4, 0.5) is 0 Å². The smallest absolute Gasteiger partial charge is 0.307 e. The number of ketones is 1. The molecule has 0 aliphatic heterocycles. The van der Waals surface area contributed by atoms with Gasteiger partial charge in [-0.25, -0.2) is 0 Å². The second-order valence-corrected chi connectivity index (χ2v) is 4.86. The van der Waals surface area contributed by atoms with E-state index in [0.29, 0.717) is 22.3 Å². The fourth-order valence-corrected chi connectivity index (χ4v) is 2.06. The number of carboxylic acids is 2. The standard InChI is InChI=1S/C17H14O5/c18-15(19)9-11-1-5-13(6-2-11)17(22)14-7-3-12(4-8-14)10-16(20)21/h1-8H,9-10H2,(H,18,19)(H,20,21). The molecule has 0 saturated carbocycles. The molecule has 0 amide bonds. The fourth-order valence-electron chi connectivity index (χ4n) is 2.06. The summed E-state index contributed by atoms with van der Waals surface area (Å²) in [4.78, 5) is 33.5. The number of hydrogen-bond acceptors (Lipinski definition) is 3. The minimum Gasteiger partial charge on any atom is -0.481 e. The van der Waals surface area contributed by atoms with Gasteiger partial charge in [0.1, 0.15) is 0 Å². The lowest BCUT2D eigenvalue weighted by atomic mass is 10.00. The molecule has 5 heteroatoms. The molecule has 2 rings (SSSR count). The maximum Gasteiger partial charge on any atom is 0.307 e. The van der Waals surface area contributed by atoms with Crippen LogP contribution in [0.5, 0.6) is 0 Å². The van der Waals surface area contributed by atoms with Crippen LogP contribution < -0.4 is 0 Å². The van der Waals surface area contributed by atoms with Gasteiger partial charge < -0.3 is 10.2 Å². The van der Waals surface area contributed by atoms with Crippen LogP contribution in [-0.4, -0.2) is 27.9 Å². The second-order valence-electron chi connectivity index (χ2n) is 4.86. The van der Waals surface area contributed by atoms with Gasteiger partial charge in [-0.1, -0.05) is 48.5 Å². The maximum absolute atomic E-state index is 12.3. The van der Waals surface area contributed by atoms with Gasteiger partial charge in [0.2, 0.25) is 0 Å². The van der Waals surface area contributed by atoms with E-state index in [1.807, 2.05) is 0 Å². The van der Waals surface area contributed by atoms with Crippen molar-refractivity contribution in [3.63, 3.8) is 0 Å².